The van der Waals surface area contributed by atoms with E-state index in [9.17, 15) is 4.79 Å². The van der Waals surface area contributed by atoms with Crippen LogP contribution in [0.15, 0.2) is 29.4 Å². The predicted molar refractivity (Wildman–Crippen MR) is 92.3 cm³/mol. The average Bonchev–Trinajstić information content (AvgIpc) is 3.17. The number of primary amides is 1. The van der Waals surface area contributed by atoms with Gasteiger partial charge in [-0.3, -0.25) is 9.36 Å². The highest BCUT2D eigenvalue weighted by Gasteiger charge is 2.25. The Morgan fingerprint density at radius 1 is 1.30 bits per heavy atom. The first-order chi connectivity index (χ1) is 11.1. The SMILES string of the molecule is C[C@@H](Sc1nnc(N2CCCC2)n1-c1ccccc1Cl)C(N)=O. The monoisotopic (exact) mass is 351 g/mol. The molecular weight excluding hydrogens is 334 g/mol. The van der Waals surface area contributed by atoms with Crippen LogP contribution in [0.25, 0.3) is 5.69 Å². The van der Waals surface area contributed by atoms with Gasteiger partial charge in [0, 0.05) is 13.1 Å². The fourth-order valence-corrected chi connectivity index (χ4v) is 3.55. The van der Waals surface area contributed by atoms with Crippen LogP contribution in [0.3, 0.4) is 0 Å². The van der Waals surface area contributed by atoms with E-state index >= 15 is 0 Å². The molecule has 3 rings (SSSR count). The molecule has 2 aromatic rings. The minimum absolute atomic E-state index is 0.383. The van der Waals surface area contributed by atoms with Gasteiger partial charge in [-0.1, -0.05) is 35.5 Å². The average molecular weight is 352 g/mol. The van der Waals surface area contributed by atoms with Crippen molar-refractivity contribution in [3.05, 3.63) is 29.3 Å². The smallest absolute Gasteiger partial charge is 0.232 e. The number of hydrogen-bond acceptors (Lipinski definition) is 5. The maximum atomic E-state index is 11.4. The van der Waals surface area contributed by atoms with E-state index < -0.39 is 5.25 Å². The van der Waals surface area contributed by atoms with Crippen LogP contribution in [0.5, 0.6) is 0 Å². The lowest BCUT2D eigenvalue weighted by Crippen LogP contribution is -2.24. The number of rotatable bonds is 5. The molecule has 2 heterocycles. The maximum absolute atomic E-state index is 11.4. The summed E-state index contributed by atoms with van der Waals surface area (Å²) in [5.41, 5.74) is 6.18. The minimum Gasteiger partial charge on any atom is -0.369 e. The highest BCUT2D eigenvalue weighted by atomic mass is 35.5. The van der Waals surface area contributed by atoms with Gasteiger partial charge in [-0.25, -0.2) is 0 Å². The Bertz CT molecular complexity index is 714. The van der Waals surface area contributed by atoms with Crippen LogP contribution in [-0.2, 0) is 4.79 Å². The summed E-state index contributed by atoms with van der Waals surface area (Å²) in [6, 6.07) is 7.55. The third kappa shape index (κ3) is 3.30. The molecule has 8 heteroatoms. The fraction of sp³-hybridized carbons (Fsp3) is 0.400. The second-order valence-corrected chi connectivity index (χ2v) is 7.14. The van der Waals surface area contributed by atoms with Gasteiger partial charge in [-0.05, 0) is 31.9 Å². The van der Waals surface area contributed by atoms with Crippen molar-refractivity contribution in [1.82, 2.24) is 14.8 Å². The number of thioether (sulfide) groups is 1. The van der Waals surface area contributed by atoms with Gasteiger partial charge in [-0.15, -0.1) is 10.2 Å². The van der Waals surface area contributed by atoms with Crippen molar-refractivity contribution in [3.63, 3.8) is 0 Å². The molecule has 1 aromatic heterocycles. The zero-order chi connectivity index (χ0) is 16.4. The van der Waals surface area contributed by atoms with Crippen LogP contribution in [0, 0.1) is 0 Å². The van der Waals surface area contributed by atoms with Crippen LogP contribution < -0.4 is 10.6 Å². The molecule has 1 atom stereocenters. The molecule has 1 amide bonds. The third-order valence-corrected chi connectivity index (χ3v) is 5.16. The van der Waals surface area contributed by atoms with Gasteiger partial charge in [0.2, 0.25) is 11.9 Å². The Balaban J connectivity index is 2.06. The molecule has 1 aliphatic rings. The highest BCUT2D eigenvalue weighted by Crippen LogP contribution is 2.33. The predicted octanol–water partition coefficient (Wildman–Crippen LogP) is 2.49. The van der Waals surface area contributed by atoms with Gasteiger partial charge in [0.05, 0.1) is 16.0 Å². The number of halogens is 1. The highest BCUT2D eigenvalue weighted by molar-refractivity contribution is 8.00. The lowest BCUT2D eigenvalue weighted by Gasteiger charge is -2.19. The topological polar surface area (TPSA) is 77.0 Å². The number of benzene rings is 1. The number of anilines is 1. The van der Waals surface area contributed by atoms with Crippen LogP contribution in [0.4, 0.5) is 5.95 Å². The van der Waals surface area contributed by atoms with Gasteiger partial charge >= 0.3 is 0 Å². The summed E-state index contributed by atoms with van der Waals surface area (Å²) in [7, 11) is 0. The van der Waals surface area contributed by atoms with Crippen molar-refractivity contribution in [2.24, 2.45) is 5.73 Å². The van der Waals surface area contributed by atoms with Gasteiger partial charge in [0.25, 0.3) is 0 Å². The van der Waals surface area contributed by atoms with E-state index in [0.29, 0.717) is 10.2 Å². The van der Waals surface area contributed by atoms with Crippen molar-refractivity contribution in [3.8, 4) is 5.69 Å². The molecule has 1 saturated heterocycles. The van der Waals surface area contributed by atoms with Crippen molar-refractivity contribution in [2.45, 2.75) is 30.2 Å². The van der Waals surface area contributed by atoms with Gasteiger partial charge in [-0.2, -0.15) is 0 Å². The summed E-state index contributed by atoms with van der Waals surface area (Å²) in [4.78, 5) is 13.6. The van der Waals surface area contributed by atoms with E-state index in [4.69, 9.17) is 17.3 Å². The Morgan fingerprint density at radius 2 is 2.00 bits per heavy atom. The number of carbonyl (C=O) groups excluding carboxylic acids is 1. The van der Waals surface area contributed by atoms with Crippen LogP contribution in [0.2, 0.25) is 5.02 Å². The molecule has 1 aromatic carbocycles. The molecule has 0 radical (unpaired) electrons. The summed E-state index contributed by atoms with van der Waals surface area (Å²) in [5, 5.41) is 9.44. The largest absolute Gasteiger partial charge is 0.369 e. The van der Waals surface area contributed by atoms with Gasteiger partial charge in [0.1, 0.15) is 0 Å². The zero-order valence-corrected chi connectivity index (χ0v) is 14.3. The van der Waals surface area contributed by atoms with Gasteiger partial charge in [0.15, 0.2) is 5.16 Å². The molecule has 2 N–H and O–H groups in total. The number of aromatic nitrogens is 3. The number of nitrogens with two attached hydrogens (primary N) is 1. The molecule has 122 valence electrons. The molecule has 0 saturated carbocycles. The summed E-state index contributed by atoms with van der Waals surface area (Å²) < 4.78 is 1.91. The van der Waals surface area contributed by atoms with E-state index in [-0.39, 0.29) is 5.91 Å². The molecule has 1 aliphatic heterocycles. The first kappa shape index (κ1) is 16.1. The standard InChI is InChI=1S/C15H18ClN5OS/c1-10(13(17)22)23-15-19-18-14(20-8-4-5-9-20)21(15)12-7-3-2-6-11(12)16/h2-3,6-7,10H,4-5,8-9H2,1H3,(H2,17,22)/t10-/m1/s1. The van der Waals surface area contributed by atoms with Crippen LogP contribution >= 0.6 is 23.4 Å². The second-order valence-electron chi connectivity index (χ2n) is 5.43. The minimum atomic E-state index is -0.396. The fourth-order valence-electron chi connectivity index (χ4n) is 2.52. The van der Waals surface area contributed by atoms with E-state index in [1.54, 1.807) is 6.92 Å². The molecule has 0 aliphatic carbocycles. The third-order valence-electron chi connectivity index (χ3n) is 3.78. The number of amides is 1. The quantitative estimate of drug-likeness (QED) is 0.837. The van der Waals surface area contributed by atoms with E-state index in [1.165, 1.54) is 11.8 Å². The lowest BCUT2D eigenvalue weighted by atomic mass is 10.3. The Hall–Kier alpha value is -1.73. The van der Waals surface area contributed by atoms with Crippen molar-refractivity contribution in [2.75, 3.05) is 18.0 Å². The summed E-state index contributed by atoms with van der Waals surface area (Å²) in [5.74, 6) is 0.376. The lowest BCUT2D eigenvalue weighted by molar-refractivity contribution is -0.117. The molecule has 0 bridgehead atoms. The van der Waals surface area contributed by atoms with Crippen LogP contribution in [-0.4, -0.2) is 39.0 Å². The molecule has 0 spiro atoms. The molecule has 23 heavy (non-hydrogen) atoms. The van der Waals surface area contributed by atoms with Crippen molar-refractivity contribution in [1.29, 1.82) is 0 Å². The first-order valence-electron chi connectivity index (χ1n) is 7.49. The molecule has 0 unspecified atom stereocenters. The Morgan fingerprint density at radius 3 is 2.65 bits per heavy atom. The number of nitrogens with zero attached hydrogens (tertiary/aromatic N) is 4. The first-order valence-corrected chi connectivity index (χ1v) is 8.75. The van der Waals surface area contributed by atoms with E-state index in [0.717, 1.165) is 37.6 Å². The zero-order valence-electron chi connectivity index (χ0n) is 12.8. The Kier molecular flexibility index (Phi) is 4.77. The van der Waals surface area contributed by atoms with Crippen LogP contribution in [0.1, 0.15) is 19.8 Å². The summed E-state index contributed by atoms with van der Waals surface area (Å²) in [6.07, 6.45) is 2.27. The number of hydrogen-bond donors (Lipinski definition) is 1. The second kappa shape index (κ2) is 6.80. The Labute approximate surface area is 144 Å². The number of para-hydroxylation sites is 1. The summed E-state index contributed by atoms with van der Waals surface area (Å²) in [6.45, 7) is 3.64. The molecule has 6 nitrogen and oxygen atoms in total. The summed E-state index contributed by atoms with van der Waals surface area (Å²) >= 11 is 7.66. The van der Waals surface area contributed by atoms with Gasteiger partial charge < -0.3 is 10.6 Å². The molecule has 1 fully saturated rings. The number of carbonyl (C=O) groups is 1. The van der Waals surface area contributed by atoms with E-state index in [2.05, 4.69) is 15.1 Å². The van der Waals surface area contributed by atoms with E-state index in [1.807, 2.05) is 28.8 Å². The maximum Gasteiger partial charge on any atom is 0.232 e. The molecular formula is C15H18ClN5OS. The normalized spacial score (nSPS) is 15.8. The van der Waals surface area contributed by atoms with Crippen molar-refractivity contribution >= 4 is 35.2 Å². The van der Waals surface area contributed by atoms with Crippen molar-refractivity contribution < 1.29 is 4.79 Å².